The van der Waals surface area contributed by atoms with Gasteiger partial charge in [-0.05, 0) is 44.2 Å². The highest BCUT2D eigenvalue weighted by atomic mass is 32.2. The average molecular weight is 478 g/mol. The molecule has 0 fully saturated rings. The largest absolute Gasteiger partial charge is 0.593 e. The van der Waals surface area contributed by atoms with Gasteiger partial charge >= 0.3 is 6.18 Å². The van der Waals surface area contributed by atoms with E-state index in [0.717, 1.165) is 12.1 Å². The molecule has 2 heterocycles. The lowest BCUT2D eigenvalue weighted by Crippen LogP contribution is -2.44. The van der Waals surface area contributed by atoms with Crippen molar-refractivity contribution in [2.24, 2.45) is 0 Å². The van der Waals surface area contributed by atoms with Crippen LogP contribution in [0.1, 0.15) is 25.1 Å². The molecule has 7 nitrogen and oxygen atoms in total. The molecule has 2 aromatic heterocycles. The van der Waals surface area contributed by atoms with Crippen molar-refractivity contribution in [2.45, 2.75) is 37.5 Å². The van der Waals surface area contributed by atoms with Gasteiger partial charge in [-0.3, -0.25) is 9.78 Å². The normalized spacial score (nSPS) is 12.7. The van der Waals surface area contributed by atoms with Crippen LogP contribution in [0.3, 0.4) is 0 Å². The van der Waals surface area contributed by atoms with Gasteiger partial charge in [-0.1, -0.05) is 12.1 Å². The molecule has 0 saturated heterocycles. The lowest BCUT2D eigenvalue weighted by molar-refractivity contribution is -0.137. The second-order valence-corrected chi connectivity index (χ2v) is 8.79. The van der Waals surface area contributed by atoms with Crippen LogP contribution in [0, 0.1) is 0 Å². The van der Waals surface area contributed by atoms with Crippen LogP contribution in [0.15, 0.2) is 66.1 Å². The molecule has 1 amide bonds. The van der Waals surface area contributed by atoms with Gasteiger partial charge in [0.25, 0.3) is 0 Å². The van der Waals surface area contributed by atoms with Gasteiger partial charge in [0.2, 0.25) is 5.91 Å². The quantitative estimate of drug-likeness (QED) is 0.498. The third-order valence-corrected chi connectivity index (χ3v) is 6.24. The molecule has 1 atom stereocenters. The van der Waals surface area contributed by atoms with E-state index in [-0.39, 0.29) is 25.0 Å². The first kappa shape index (κ1) is 24.6. The number of hydrogen-bond acceptors (Lipinski definition) is 6. The van der Waals surface area contributed by atoms with Crippen molar-refractivity contribution in [3.8, 4) is 11.3 Å². The maximum atomic E-state index is 12.8. The minimum atomic E-state index is -4.41. The zero-order chi connectivity index (χ0) is 24.0. The minimum absolute atomic E-state index is 0.0838. The summed E-state index contributed by atoms with van der Waals surface area (Å²) >= 11 is -1.55. The number of carbonyl (C=O) groups excluding carboxylic acids is 1. The van der Waals surface area contributed by atoms with Gasteiger partial charge in [0.05, 0.1) is 47.1 Å². The molecule has 0 spiro atoms. The molecule has 0 saturated carbocycles. The van der Waals surface area contributed by atoms with Crippen LogP contribution in [-0.2, 0) is 28.9 Å². The Morgan fingerprint density at radius 1 is 1.18 bits per heavy atom. The summed E-state index contributed by atoms with van der Waals surface area (Å²) in [6.45, 7) is 3.65. The van der Waals surface area contributed by atoms with Crippen LogP contribution in [0.4, 0.5) is 13.2 Å². The van der Waals surface area contributed by atoms with Crippen molar-refractivity contribution in [3.05, 3.63) is 72.4 Å². The topological polar surface area (TPSA) is 94.1 Å². The van der Waals surface area contributed by atoms with Crippen LogP contribution < -0.4 is 5.32 Å². The van der Waals surface area contributed by atoms with Crippen LogP contribution in [0.25, 0.3) is 11.3 Å². The maximum Gasteiger partial charge on any atom is 0.416 e. The van der Waals surface area contributed by atoms with Crippen LogP contribution in [0.2, 0.25) is 0 Å². The number of aromatic nitrogens is 3. The second kappa shape index (κ2) is 10.7. The molecule has 1 aromatic carbocycles. The number of alkyl halides is 3. The van der Waals surface area contributed by atoms with Gasteiger partial charge in [-0.15, -0.1) is 4.31 Å². The summed E-state index contributed by atoms with van der Waals surface area (Å²) in [6, 6.07) is 9.43. The van der Waals surface area contributed by atoms with E-state index in [4.69, 9.17) is 0 Å². The van der Waals surface area contributed by atoms with Gasteiger partial charge < -0.3 is 9.87 Å². The third kappa shape index (κ3) is 6.73. The molecule has 3 aromatic rings. The van der Waals surface area contributed by atoms with E-state index in [9.17, 15) is 22.5 Å². The molecular formula is C22H22F3N5O2S. The van der Waals surface area contributed by atoms with E-state index in [2.05, 4.69) is 20.3 Å². The van der Waals surface area contributed by atoms with E-state index in [1.807, 2.05) is 13.8 Å². The van der Waals surface area contributed by atoms with Crippen LogP contribution in [-0.4, -0.2) is 42.3 Å². The Bertz CT molecular complexity index is 1070. The number of nitrogens with one attached hydrogen (secondary N) is 1. The van der Waals surface area contributed by atoms with Crippen molar-refractivity contribution in [1.29, 1.82) is 0 Å². The van der Waals surface area contributed by atoms with Gasteiger partial charge in [0.1, 0.15) is 12.9 Å². The summed E-state index contributed by atoms with van der Waals surface area (Å²) in [5, 5.41) is 2.73. The van der Waals surface area contributed by atoms with E-state index in [1.54, 1.807) is 28.7 Å². The van der Waals surface area contributed by atoms with E-state index < -0.39 is 23.1 Å². The molecule has 11 heteroatoms. The first-order chi connectivity index (χ1) is 15.6. The Labute approximate surface area is 192 Å². The molecule has 0 bridgehead atoms. The predicted molar refractivity (Wildman–Crippen MR) is 117 cm³/mol. The molecule has 1 unspecified atom stereocenters. The van der Waals surface area contributed by atoms with Crippen LogP contribution >= 0.6 is 0 Å². The zero-order valence-corrected chi connectivity index (χ0v) is 18.7. The first-order valence-electron chi connectivity index (χ1n) is 9.99. The molecule has 0 aliphatic carbocycles. The Hall–Kier alpha value is -3.02. The Morgan fingerprint density at radius 3 is 2.52 bits per heavy atom. The van der Waals surface area contributed by atoms with Crippen LogP contribution in [0.5, 0.6) is 0 Å². The first-order valence-corrected chi connectivity index (χ1v) is 11.1. The van der Waals surface area contributed by atoms with Crippen molar-refractivity contribution in [2.75, 3.05) is 6.54 Å². The maximum absolute atomic E-state index is 12.8. The number of halogens is 3. The van der Waals surface area contributed by atoms with E-state index in [1.165, 1.54) is 24.7 Å². The zero-order valence-electron chi connectivity index (χ0n) is 17.9. The molecule has 0 aliphatic rings. The molecule has 174 valence electrons. The number of nitrogens with zero attached hydrogens (tertiary/aromatic N) is 4. The molecule has 0 aliphatic heterocycles. The number of pyridine rings is 1. The van der Waals surface area contributed by atoms with Gasteiger partial charge in [0, 0.05) is 11.8 Å². The summed E-state index contributed by atoms with van der Waals surface area (Å²) in [6.07, 6.45) is -0.0581. The fraction of sp³-hybridized carbons (Fsp3) is 0.273. The second-order valence-electron chi connectivity index (χ2n) is 7.35. The summed E-state index contributed by atoms with van der Waals surface area (Å²) in [5.41, 5.74) is 0.671. The summed E-state index contributed by atoms with van der Waals surface area (Å²) in [4.78, 5) is 25.2. The van der Waals surface area contributed by atoms with E-state index in [0.29, 0.717) is 21.8 Å². The fourth-order valence-corrected chi connectivity index (χ4v) is 4.12. The molecule has 33 heavy (non-hydrogen) atoms. The Morgan fingerprint density at radius 2 is 1.91 bits per heavy atom. The van der Waals surface area contributed by atoms with Gasteiger partial charge in [-0.2, -0.15) is 13.2 Å². The third-order valence-electron chi connectivity index (χ3n) is 4.62. The van der Waals surface area contributed by atoms with Gasteiger partial charge in [0.15, 0.2) is 4.90 Å². The summed E-state index contributed by atoms with van der Waals surface area (Å²) in [7, 11) is 0. The van der Waals surface area contributed by atoms with Crippen molar-refractivity contribution < 1.29 is 22.5 Å². The number of benzene rings is 1. The molecule has 1 N–H and O–H groups in total. The highest BCUT2D eigenvalue weighted by molar-refractivity contribution is 7.89. The lowest BCUT2D eigenvalue weighted by Gasteiger charge is -2.26. The number of rotatable bonds is 8. The summed E-state index contributed by atoms with van der Waals surface area (Å²) in [5.74, 6) is -0.351. The van der Waals surface area contributed by atoms with Gasteiger partial charge in [-0.25, -0.2) is 9.97 Å². The lowest BCUT2D eigenvalue weighted by atomic mass is 10.1. The molecular weight excluding hydrogens is 455 g/mol. The highest BCUT2D eigenvalue weighted by Gasteiger charge is 2.30. The van der Waals surface area contributed by atoms with Crippen molar-refractivity contribution >= 4 is 17.3 Å². The average Bonchev–Trinajstić information content (AvgIpc) is 2.81. The molecule has 3 rings (SSSR count). The number of amides is 1. The predicted octanol–water partition coefficient (Wildman–Crippen LogP) is 3.61. The number of carbonyl (C=O) groups is 1. The highest BCUT2D eigenvalue weighted by Crippen LogP contribution is 2.30. The van der Waals surface area contributed by atoms with Crippen molar-refractivity contribution in [3.63, 3.8) is 0 Å². The van der Waals surface area contributed by atoms with Crippen molar-refractivity contribution in [1.82, 2.24) is 24.6 Å². The minimum Gasteiger partial charge on any atom is -0.593 e. The molecule has 0 radical (unpaired) electrons. The smallest absolute Gasteiger partial charge is 0.416 e. The monoisotopic (exact) mass is 477 g/mol. The Kier molecular flexibility index (Phi) is 8.01. The van der Waals surface area contributed by atoms with E-state index >= 15 is 0 Å². The Balaban J connectivity index is 1.63. The standard InChI is InChI=1S/C22H22F3N5O2S/c1-15(2)30(33(32)19-4-3-9-26-12-19)13-21(31)27-11-18-10-20(29-14-28-18)16-5-7-17(8-6-16)22(23,24)25/h3-10,12,14-15H,11,13H2,1-2H3,(H,27,31). The number of hydrogen-bond donors (Lipinski definition) is 1. The fourth-order valence-electron chi connectivity index (χ4n) is 2.89. The summed E-state index contributed by atoms with van der Waals surface area (Å²) < 4.78 is 52.6. The SMILES string of the molecule is CC(C)N(CC(=O)NCc1cc(-c2ccc(C(F)(F)F)cc2)ncn1)[S+]([O-])c1cccnc1.